The summed E-state index contributed by atoms with van der Waals surface area (Å²) in [6, 6.07) is 0. The van der Waals surface area contributed by atoms with E-state index in [4.69, 9.17) is 5.11 Å². The van der Waals surface area contributed by atoms with Crippen molar-refractivity contribution in [2.75, 3.05) is 13.2 Å². The van der Waals surface area contributed by atoms with Gasteiger partial charge in [0.05, 0.1) is 0 Å². The predicted molar refractivity (Wildman–Crippen MR) is 32.5 cm³/mol. The van der Waals surface area contributed by atoms with E-state index < -0.39 is 0 Å². The Morgan fingerprint density at radius 1 is 1.22 bits per heavy atom. The molecule has 0 rings (SSSR count). The van der Waals surface area contributed by atoms with Gasteiger partial charge in [0, 0.05) is 6.61 Å². The topological polar surface area (TPSA) is 43.3 Å². The van der Waals surface area contributed by atoms with Crippen LogP contribution in [0.2, 0.25) is 0 Å². The summed E-state index contributed by atoms with van der Waals surface area (Å²) in [6.07, 6.45) is 1.64. The van der Waals surface area contributed by atoms with Crippen LogP contribution < -0.4 is 56.5 Å². The molecule has 0 aromatic heterocycles. The van der Waals surface area contributed by atoms with E-state index >= 15 is 0 Å². The first-order chi connectivity index (χ1) is 3.83. The molecule has 9 heavy (non-hydrogen) atoms. The Kier molecular flexibility index (Phi) is 42.5. The molecule has 0 saturated heterocycles. The van der Waals surface area contributed by atoms with Crippen molar-refractivity contribution in [2.24, 2.45) is 0 Å². The van der Waals surface area contributed by atoms with Crippen molar-refractivity contribution in [3.8, 4) is 0 Å². The number of rotatable bonds is 2. The first kappa shape index (κ1) is 16.9. The maximum absolute atomic E-state index is 9.30. The van der Waals surface area contributed by atoms with E-state index in [1.807, 2.05) is 13.8 Å². The molecule has 0 bridgehead atoms. The molecule has 0 aromatic carbocycles. The van der Waals surface area contributed by atoms with Gasteiger partial charge in [-0.25, -0.2) is 0 Å². The Balaban J connectivity index is -0.0000000720. The fourth-order valence-electron chi connectivity index (χ4n) is 0. The molecule has 0 aliphatic rings. The molecule has 0 aliphatic carbocycles. The van der Waals surface area contributed by atoms with Crippen LogP contribution in [-0.2, 0) is 0 Å². The molecule has 0 spiro atoms. The van der Waals surface area contributed by atoms with E-state index in [0.717, 1.165) is 12.8 Å². The maximum atomic E-state index is 9.30. The van der Waals surface area contributed by atoms with Crippen LogP contribution >= 0.6 is 0 Å². The van der Waals surface area contributed by atoms with Crippen LogP contribution in [0.1, 0.15) is 26.7 Å². The average molecular weight is 158 g/mol. The molecule has 3 heteroatoms. The van der Waals surface area contributed by atoms with Crippen molar-refractivity contribution in [2.45, 2.75) is 26.7 Å². The van der Waals surface area contributed by atoms with E-state index in [1.165, 1.54) is 0 Å². The van der Waals surface area contributed by atoms with Crippen LogP contribution in [0.15, 0.2) is 0 Å². The van der Waals surface area contributed by atoms with Gasteiger partial charge < -0.3 is 10.2 Å². The fraction of sp³-hybridized carbons (Fsp3) is 1.00. The summed E-state index contributed by atoms with van der Waals surface area (Å²) >= 11 is 0. The van der Waals surface area contributed by atoms with E-state index in [9.17, 15) is 5.11 Å². The Morgan fingerprint density at radius 3 is 1.44 bits per heavy atom. The van der Waals surface area contributed by atoms with Crippen molar-refractivity contribution in [1.82, 2.24) is 0 Å². The third kappa shape index (κ3) is 43.1. The molecule has 0 unspecified atom stereocenters. The molecule has 1 N–H and O–H groups in total. The molecule has 0 atom stereocenters. The van der Waals surface area contributed by atoms with E-state index in [-0.39, 0.29) is 58.0 Å². The average Bonchev–Trinajstić information content (AvgIpc) is 1.88. The van der Waals surface area contributed by atoms with Gasteiger partial charge >= 0.3 is 51.4 Å². The quantitative estimate of drug-likeness (QED) is 0.440. The van der Waals surface area contributed by atoms with Crippen molar-refractivity contribution in [3.63, 3.8) is 0 Å². The second-order valence-corrected chi connectivity index (χ2v) is 1.43. The molecule has 0 radical (unpaired) electrons. The van der Waals surface area contributed by atoms with Gasteiger partial charge in [-0.3, -0.25) is 0 Å². The predicted octanol–water partition coefficient (Wildman–Crippen LogP) is -2.85. The molecule has 0 heterocycles. The number of aliphatic hydroxyl groups is 1. The van der Waals surface area contributed by atoms with Crippen LogP contribution in [0.4, 0.5) is 0 Å². The van der Waals surface area contributed by atoms with Crippen molar-refractivity contribution >= 4 is 0 Å². The number of hydrogen-bond acceptors (Lipinski definition) is 2. The van der Waals surface area contributed by atoms with Gasteiger partial charge in [0.2, 0.25) is 0 Å². The zero-order chi connectivity index (χ0) is 6.83. The van der Waals surface area contributed by atoms with Gasteiger partial charge in [0.25, 0.3) is 0 Å². The minimum atomic E-state index is 0. The van der Waals surface area contributed by atoms with Crippen molar-refractivity contribution in [3.05, 3.63) is 0 Å². The monoisotopic (exact) mass is 158 g/mol. The number of aliphatic hydroxyl groups excluding tert-OH is 1. The molecule has 0 amide bonds. The van der Waals surface area contributed by atoms with Gasteiger partial charge in [0.1, 0.15) is 0 Å². The first-order valence-electron chi connectivity index (χ1n) is 3.02. The normalized spacial score (nSPS) is 6.67. The third-order valence-corrected chi connectivity index (χ3v) is 0.428. The largest absolute Gasteiger partial charge is 1.00 e. The van der Waals surface area contributed by atoms with Gasteiger partial charge in [0.15, 0.2) is 0 Å². The summed E-state index contributed by atoms with van der Waals surface area (Å²) in [5, 5.41) is 17.2. The standard InChI is InChI=1S/C3H8O.C3H7O.K/c2*1-2-3-4;/h4H,2-3H2,1H3;2-3H2,1H3;/q;-1;+1. The SMILES string of the molecule is CCCO.CCC[O-].[K+]. The molecule has 0 fully saturated rings. The second-order valence-electron chi connectivity index (χ2n) is 1.43. The maximum Gasteiger partial charge on any atom is 1.00 e. The zero-order valence-corrected chi connectivity index (χ0v) is 9.81. The minimum absolute atomic E-state index is 0. The van der Waals surface area contributed by atoms with Gasteiger partial charge in [-0.05, 0) is 6.42 Å². The van der Waals surface area contributed by atoms with E-state index in [0.29, 0.717) is 6.61 Å². The fourth-order valence-corrected chi connectivity index (χ4v) is 0. The van der Waals surface area contributed by atoms with Crippen LogP contribution in [-0.4, -0.2) is 18.3 Å². The van der Waals surface area contributed by atoms with Crippen molar-refractivity contribution < 1.29 is 61.6 Å². The van der Waals surface area contributed by atoms with Crippen LogP contribution in [0.25, 0.3) is 0 Å². The van der Waals surface area contributed by atoms with Gasteiger partial charge in [-0.15, -0.1) is 6.61 Å². The van der Waals surface area contributed by atoms with Crippen LogP contribution in [0.5, 0.6) is 0 Å². The second kappa shape index (κ2) is 22.7. The molecule has 0 saturated carbocycles. The van der Waals surface area contributed by atoms with Crippen LogP contribution in [0, 0.1) is 0 Å². The summed E-state index contributed by atoms with van der Waals surface area (Å²) in [4.78, 5) is 0. The van der Waals surface area contributed by atoms with Gasteiger partial charge in [-0.1, -0.05) is 20.3 Å². The molecule has 2 nitrogen and oxygen atoms in total. The summed E-state index contributed by atoms with van der Waals surface area (Å²) in [6.45, 7) is 4.19. The molecule has 0 aromatic rings. The Labute approximate surface area is 100 Å². The van der Waals surface area contributed by atoms with Gasteiger partial charge in [-0.2, -0.15) is 0 Å². The summed E-state index contributed by atoms with van der Waals surface area (Å²) in [5.74, 6) is 0. The smallest absolute Gasteiger partial charge is 0.854 e. The Hall–Kier alpha value is 1.56. The summed E-state index contributed by atoms with van der Waals surface area (Å²) in [5.41, 5.74) is 0. The molecular formula is C6H15KO2. The zero-order valence-electron chi connectivity index (χ0n) is 6.68. The van der Waals surface area contributed by atoms with E-state index in [1.54, 1.807) is 0 Å². The molecular weight excluding hydrogens is 143 g/mol. The first-order valence-corrected chi connectivity index (χ1v) is 3.02. The Bertz CT molecular complexity index is 19.0. The third-order valence-electron chi connectivity index (χ3n) is 0.428. The van der Waals surface area contributed by atoms with Crippen molar-refractivity contribution in [1.29, 1.82) is 0 Å². The molecule has 52 valence electrons. The summed E-state index contributed by atoms with van der Waals surface area (Å²) < 4.78 is 0. The van der Waals surface area contributed by atoms with E-state index in [2.05, 4.69) is 0 Å². The molecule has 0 aliphatic heterocycles. The Morgan fingerprint density at radius 2 is 1.44 bits per heavy atom. The summed E-state index contributed by atoms with van der Waals surface area (Å²) in [7, 11) is 0. The number of hydrogen-bond donors (Lipinski definition) is 1. The van der Waals surface area contributed by atoms with Crippen LogP contribution in [0.3, 0.4) is 0 Å². The minimum Gasteiger partial charge on any atom is -0.854 e.